The summed E-state index contributed by atoms with van der Waals surface area (Å²) in [6, 6.07) is 21.3. The van der Waals surface area contributed by atoms with E-state index in [4.69, 9.17) is 4.98 Å². The third kappa shape index (κ3) is 6.79. The number of hydrogen-bond acceptors (Lipinski definition) is 3. The van der Waals surface area contributed by atoms with Crippen molar-refractivity contribution < 1.29 is 0 Å². The number of hydrogen-bond donors (Lipinski definition) is 1. The number of aryl methyl sites for hydroxylation is 2. The number of benzene rings is 2. The molecular formula is C35H41N3. The highest BCUT2D eigenvalue weighted by Gasteiger charge is 2.23. The van der Waals surface area contributed by atoms with Gasteiger partial charge in [-0.3, -0.25) is 4.98 Å². The Hall–Kier alpha value is -3.69. The SMILES string of the molecule is C=C(/C=C/c1ccc(CCCN(CCC)CCC)nc1)C1=C(c2ccccc2)c2cc(C)ccc2NC1=C. The van der Waals surface area contributed by atoms with Gasteiger partial charge in [0, 0.05) is 40.0 Å². The first-order chi connectivity index (χ1) is 18.5. The lowest BCUT2D eigenvalue weighted by Crippen LogP contribution is -2.26. The molecule has 0 atom stereocenters. The second-order valence-corrected chi connectivity index (χ2v) is 10.2. The summed E-state index contributed by atoms with van der Waals surface area (Å²) < 4.78 is 0. The topological polar surface area (TPSA) is 28.2 Å². The predicted molar refractivity (Wildman–Crippen MR) is 164 cm³/mol. The number of pyridine rings is 1. The van der Waals surface area contributed by atoms with Crippen molar-refractivity contribution in [2.75, 3.05) is 25.0 Å². The molecular weight excluding hydrogens is 462 g/mol. The maximum absolute atomic E-state index is 4.73. The van der Waals surface area contributed by atoms with Gasteiger partial charge in [-0.1, -0.05) is 87.2 Å². The number of rotatable bonds is 12. The van der Waals surface area contributed by atoms with Crippen molar-refractivity contribution in [3.8, 4) is 0 Å². The van der Waals surface area contributed by atoms with Crippen LogP contribution < -0.4 is 5.32 Å². The van der Waals surface area contributed by atoms with Gasteiger partial charge in [0.2, 0.25) is 0 Å². The third-order valence-corrected chi connectivity index (χ3v) is 6.98. The van der Waals surface area contributed by atoms with E-state index in [2.05, 4.69) is 117 Å². The molecule has 38 heavy (non-hydrogen) atoms. The lowest BCUT2D eigenvalue weighted by molar-refractivity contribution is 0.271. The number of allylic oxidation sites excluding steroid dienone is 2. The minimum atomic E-state index is 0.864. The standard InChI is InChI=1S/C35H41N3/c1-6-21-38(22-7-2)23-11-14-31-19-18-29(25-36-31)17-16-27(4)34-28(5)37-33-20-15-26(3)24-32(33)35(34)30-12-9-8-10-13-30/h8-10,12-13,15-20,24-25,37H,4-7,11,14,21-23H2,1-3H3/b17-16+. The summed E-state index contributed by atoms with van der Waals surface area (Å²) in [6.45, 7) is 19.0. The van der Waals surface area contributed by atoms with Gasteiger partial charge in [0.1, 0.15) is 0 Å². The smallest absolute Gasteiger partial charge is 0.0464 e. The number of aromatic nitrogens is 1. The lowest BCUT2D eigenvalue weighted by Gasteiger charge is -2.28. The molecule has 1 aliphatic heterocycles. The van der Waals surface area contributed by atoms with Gasteiger partial charge in [-0.25, -0.2) is 0 Å². The Kier molecular flexibility index (Phi) is 9.51. The first-order valence-electron chi connectivity index (χ1n) is 13.9. The zero-order chi connectivity index (χ0) is 26.9. The second kappa shape index (κ2) is 13.2. The van der Waals surface area contributed by atoms with Crippen LogP contribution in [-0.4, -0.2) is 29.5 Å². The Bertz CT molecular complexity index is 1310. The van der Waals surface area contributed by atoms with Crippen LogP contribution in [0.4, 0.5) is 5.69 Å². The van der Waals surface area contributed by atoms with E-state index in [1.807, 2.05) is 6.20 Å². The fourth-order valence-electron chi connectivity index (χ4n) is 5.16. The molecule has 2 heterocycles. The molecule has 1 aliphatic rings. The van der Waals surface area contributed by atoms with E-state index in [1.54, 1.807) is 0 Å². The van der Waals surface area contributed by atoms with Crippen molar-refractivity contribution in [2.45, 2.75) is 46.5 Å². The lowest BCUT2D eigenvalue weighted by atomic mass is 9.84. The van der Waals surface area contributed by atoms with Crippen LogP contribution in [0, 0.1) is 6.92 Å². The maximum atomic E-state index is 4.73. The van der Waals surface area contributed by atoms with Crippen molar-refractivity contribution >= 4 is 17.3 Å². The Balaban J connectivity index is 1.52. The summed E-state index contributed by atoms with van der Waals surface area (Å²) in [5, 5.41) is 3.50. The average Bonchev–Trinajstić information content (AvgIpc) is 2.92. The molecule has 3 aromatic rings. The van der Waals surface area contributed by atoms with Gasteiger partial charge < -0.3 is 10.2 Å². The highest BCUT2D eigenvalue weighted by atomic mass is 15.1. The molecule has 0 spiro atoms. The summed E-state index contributed by atoms with van der Waals surface area (Å²) in [6.07, 6.45) is 10.7. The monoisotopic (exact) mass is 503 g/mol. The van der Waals surface area contributed by atoms with Crippen LogP contribution in [0.25, 0.3) is 11.6 Å². The first kappa shape index (κ1) is 27.3. The largest absolute Gasteiger partial charge is 0.355 e. The minimum absolute atomic E-state index is 0.864. The first-order valence-corrected chi connectivity index (χ1v) is 13.9. The molecule has 0 saturated heterocycles. The molecule has 0 fully saturated rings. The van der Waals surface area contributed by atoms with E-state index in [-0.39, 0.29) is 0 Å². The van der Waals surface area contributed by atoms with Crippen molar-refractivity contribution in [3.05, 3.63) is 131 Å². The van der Waals surface area contributed by atoms with Gasteiger partial charge in [0.15, 0.2) is 0 Å². The van der Waals surface area contributed by atoms with Crippen LogP contribution in [-0.2, 0) is 6.42 Å². The molecule has 2 aromatic carbocycles. The minimum Gasteiger partial charge on any atom is -0.355 e. The van der Waals surface area contributed by atoms with Crippen molar-refractivity contribution in [1.29, 1.82) is 0 Å². The molecule has 4 rings (SSSR count). The number of fused-ring (bicyclic) bond motifs is 1. The summed E-state index contributed by atoms with van der Waals surface area (Å²) >= 11 is 0. The van der Waals surface area contributed by atoms with Crippen LogP contribution in [0.3, 0.4) is 0 Å². The van der Waals surface area contributed by atoms with E-state index in [1.165, 1.54) is 37.1 Å². The normalized spacial score (nSPS) is 13.2. The molecule has 0 unspecified atom stereocenters. The second-order valence-electron chi connectivity index (χ2n) is 10.2. The summed E-state index contributed by atoms with van der Waals surface area (Å²) in [4.78, 5) is 7.30. The van der Waals surface area contributed by atoms with Gasteiger partial charge in [0.05, 0.1) is 0 Å². The molecule has 0 amide bonds. The van der Waals surface area contributed by atoms with Crippen molar-refractivity contribution in [1.82, 2.24) is 9.88 Å². The van der Waals surface area contributed by atoms with Crippen molar-refractivity contribution in [3.63, 3.8) is 0 Å². The van der Waals surface area contributed by atoms with Gasteiger partial charge in [0.25, 0.3) is 0 Å². The summed E-state index contributed by atoms with van der Waals surface area (Å²) in [5.41, 5.74) is 10.8. The molecule has 1 aromatic heterocycles. The average molecular weight is 504 g/mol. The molecule has 0 radical (unpaired) electrons. The van der Waals surface area contributed by atoms with E-state index in [0.29, 0.717) is 0 Å². The molecule has 1 N–H and O–H groups in total. The Morgan fingerprint density at radius 1 is 0.974 bits per heavy atom. The Morgan fingerprint density at radius 2 is 1.74 bits per heavy atom. The van der Waals surface area contributed by atoms with E-state index < -0.39 is 0 Å². The van der Waals surface area contributed by atoms with Gasteiger partial charge in [-0.2, -0.15) is 0 Å². The van der Waals surface area contributed by atoms with E-state index in [9.17, 15) is 0 Å². The predicted octanol–water partition coefficient (Wildman–Crippen LogP) is 8.46. The fourth-order valence-corrected chi connectivity index (χ4v) is 5.16. The molecule has 0 aliphatic carbocycles. The summed E-state index contributed by atoms with van der Waals surface area (Å²) in [7, 11) is 0. The highest BCUT2D eigenvalue weighted by Crippen LogP contribution is 2.42. The van der Waals surface area contributed by atoms with Crippen LogP contribution >= 0.6 is 0 Å². The molecule has 0 bridgehead atoms. The molecule has 3 heteroatoms. The number of nitrogens with one attached hydrogen (secondary N) is 1. The van der Waals surface area contributed by atoms with Gasteiger partial charge in [-0.15, -0.1) is 0 Å². The zero-order valence-corrected chi connectivity index (χ0v) is 23.3. The number of nitrogens with zero attached hydrogens (tertiary/aromatic N) is 2. The zero-order valence-electron chi connectivity index (χ0n) is 23.3. The van der Waals surface area contributed by atoms with Crippen molar-refractivity contribution in [2.24, 2.45) is 0 Å². The van der Waals surface area contributed by atoms with Gasteiger partial charge in [-0.05, 0) is 87.1 Å². The van der Waals surface area contributed by atoms with Crippen LogP contribution in [0.2, 0.25) is 0 Å². The Labute approximate surface area is 229 Å². The highest BCUT2D eigenvalue weighted by molar-refractivity contribution is 5.96. The molecule has 196 valence electrons. The van der Waals surface area contributed by atoms with Crippen LogP contribution in [0.15, 0.2) is 103 Å². The van der Waals surface area contributed by atoms with E-state index in [0.717, 1.165) is 64.3 Å². The van der Waals surface area contributed by atoms with Gasteiger partial charge >= 0.3 is 0 Å². The van der Waals surface area contributed by atoms with Crippen LogP contribution in [0.5, 0.6) is 0 Å². The number of anilines is 1. The van der Waals surface area contributed by atoms with E-state index >= 15 is 0 Å². The fraction of sp³-hybridized carbons (Fsp3) is 0.286. The van der Waals surface area contributed by atoms with Crippen LogP contribution in [0.1, 0.15) is 61.1 Å². The Morgan fingerprint density at radius 3 is 2.42 bits per heavy atom. The molecule has 3 nitrogen and oxygen atoms in total. The third-order valence-electron chi connectivity index (χ3n) is 6.98. The summed E-state index contributed by atoms with van der Waals surface area (Å²) in [5.74, 6) is 0. The quantitative estimate of drug-likeness (QED) is 0.251. The maximum Gasteiger partial charge on any atom is 0.0464 e. The molecule has 0 saturated carbocycles.